The fourth-order valence-electron chi connectivity index (χ4n) is 0.706. The zero-order valence-corrected chi connectivity index (χ0v) is 18.0. The Morgan fingerprint density at radius 3 is 0.880 bits per heavy atom. The summed E-state index contributed by atoms with van der Waals surface area (Å²) in [5.74, 6) is -2.45. The molecule has 0 bridgehead atoms. The second-order valence-corrected chi connectivity index (χ2v) is 6.82. The molecule has 0 heterocycles. The first-order valence-electron chi connectivity index (χ1n) is 7.46. The first kappa shape index (κ1) is 35.6. The van der Waals surface area contributed by atoms with Crippen molar-refractivity contribution >= 4 is 11.9 Å². The topological polar surface area (TPSA) is 167 Å². The average Bonchev–Trinajstić information content (AvgIpc) is 2.05. The van der Waals surface area contributed by atoms with Crippen LogP contribution < -0.4 is 20.4 Å². The van der Waals surface area contributed by atoms with Gasteiger partial charge in [-0.1, -0.05) is 27.7 Å². The van der Waals surface area contributed by atoms with E-state index in [0.717, 1.165) is 0 Å². The van der Waals surface area contributed by atoms with Crippen molar-refractivity contribution in [2.45, 2.75) is 91.6 Å². The minimum absolute atomic E-state index is 0. The standard InChI is InChI=1S/2C5H10O3.2C3H7O.Ti/c2*1-5(2,8)3-4(6)7;2*1-3(2)4;/h2*8H,3H2,1-2H3,(H,6,7);2*3H,1-2H3;/q;;2*-1;+4/p-2. The van der Waals surface area contributed by atoms with Gasteiger partial charge in [0.1, 0.15) is 0 Å². The molecule has 0 saturated heterocycles. The van der Waals surface area contributed by atoms with E-state index in [4.69, 9.17) is 10.2 Å². The van der Waals surface area contributed by atoms with Crippen molar-refractivity contribution in [1.29, 1.82) is 0 Å². The first-order valence-corrected chi connectivity index (χ1v) is 7.46. The van der Waals surface area contributed by atoms with E-state index in [1.165, 1.54) is 27.7 Å². The van der Waals surface area contributed by atoms with Crippen molar-refractivity contribution in [2.75, 3.05) is 0 Å². The third kappa shape index (κ3) is 120. The van der Waals surface area contributed by atoms with Crippen molar-refractivity contribution in [2.24, 2.45) is 0 Å². The molecule has 9 heteroatoms. The molecular formula is C16H32O8Ti. The van der Waals surface area contributed by atoms with E-state index in [0.29, 0.717) is 0 Å². The average molecular weight is 400 g/mol. The number of rotatable bonds is 4. The second-order valence-electron chi connectivity index (χ2n) is 6.82. The molecule has 8 nitrogen and oxygen atoms in total. The fourth-order valence-corrected chi connectivity index (χ4v) is 0.706. The Kier molecular flexibility index (Phi) is 26.0. The fraction of sp³-hybridized carbons (Fsp3) is 0.875. The van der Waals surface area contributed by atoms with Gasteiger partial charge in [0.05, 0.1) is 11.2 Å². The maximum Gasteiger partial charge on any atom is 4.00 e. The summed E-state index contributed by atoms with van der Waals surface area (Å²) >= 11 is 0. The Morgan fingerprint density at radius 1 is 0.760 bits per heavy atom. The summed E-state index contributed by atoms with van der Waals surface area (Å²) in [6.07, 6.45) is -1.46. The molecule has 0 rings (SSSR count). The van der Waals surface area contributed by atoms with Crippen LogP contribution in [0.25, 0.3) is 0 Å². The van der Waals surface area contributed by atoms with Gasteiger partial charge in [-0.3, -0.25) is 0 Å². The largest absolute Gasteiger partial charge is 4.00 e. The van der Waals surface area contributed by atoms with Crippen molar-refractivity contribution in [1.82, 2.24) is 0 Å². The first-order chi connectivity index (χ1) is 10.3. The molecule has 0 aliphatic carbocycles. The molecule has 0 fully saturated rings. The number of carbonyl (C=O) groups is 2. The van der Waals surface area contributed by atoms with Crippen LogP contribution in [0, 0.1) is 0 Å². The van der Waals surface area contributed by atoms with E-state index < -0.39 is 35.3 Å². The zero-order chi connectivity index (χ0) is 20.7. The van der Waals surface area contributed by atoms with Crippen molar-refractivity contribution in [3.8, 4) is 0 Å². The van der Waals surface area contributed by atoms with Crippen LogP contribution in [0.3, 0.4) is 0 Å². The smallest absolute Gasteiger partial charge is 0.852 e. The van der Waals surface area contributed by atoms with Crippen LogP contribution in [0.15, 0.2) is 0 Å². The summed E-state index contributed by atoms with van der Waals surface area (Å²) < 4.78 is 0. The zero-order valence-electron chi connectivity index (χ0n) is 16.4. The molecule has 0 atom stereocenters. The predicted octanol–water partition coefficient (Wildman–Crippen LogP) is -2.70. The van der Waals surface area contributed by atoms with Gasteiger partial charge in [-0.15, -0.1) is 12.2 Å². The Labute approximate surface area is 165 Å². The van der Waals surface area contributed by atoms with Gasteiger partial charge in [-0.25, -0.2) is 0 Å². The van der Waals surface area contributed by atoms with Crippen LogP contribution >= 0.6 is 0 Å². The van der Waals surface area contributed by atoms with Gasteiger partial charge in [0.25, 0.3) is 0 Å². The number of hydrogen-bond donors (Lipinski definition) is 2. The van der Waals surface area contributed by atoms with Crippen molar-refractivity contribution in [3.63, 3.8) is 0 Å². The minimum Gasteiger partial charge on any atom is -0.852 e. The third-order valence-electron chi connectivity index (χ3n) is 1.15. The number of hydrogen-bond acceptors (Lipinski definition) is 8. The van der Waals surface area contributed by atoms with Crippen LogP contribution in [0.2, 0.25) is 0 Å². The molecule has 0 aromatic rings. The molecule has 0 saturated carbocycles. The Balaban J connectivity index is -0.0000000739. The van der Waals surface area contributed by atoms with Crippen LogP contribution in [-0.2, 0) is 31.3 Å². The number of carboxylic acid groups (broad SMARTS) is 2. The third-order valence-corrected chi connectivity index (χ3v) is 1.15. The van der Waals surface area contributed by atoms with Gasteiger partial charge in [0, 0.05) is 24.8 Å². The van der Waals surface area contributed by atoms with Gasteiger partial charge in [-0.2, -0.15) is 0 Å². The summed E-state index contributed by atoms with van der Waals surface area (Å²) in [5, 5.41) is 56.1. The Bertz CT molecular complexity index is 280. The number of aliphatic hydroxyl groups is 2. The van der Waals surface area contributed by atoms with Crippen LogP contribution in [0.4, 0.5) is 0 Å². The maximum absolute atomic E-state index is 9.74. The second kappa shape index (κ2) is 18.3. The van der Waals surface area contributed by atoms with E-state index in [1.54, 1.807) is 27.7 Å². The molecule has 0 amide bonds. The molecular weight excluding hydrogens is 368 g/mol. The molecule has 25 heavy (non-hydrogen) atoms. The molecule has 148 valence electrons. The van der Waals surface area contributed by atoms with Gasteiger partial charge >= 0.3 is 21.7 Å². The summed E-state index contributed by atoms with van der Waals surface area (Å²) in [5.41, 5.74) is -2.28. The summed E-state index contributed by atoms with van der Waals surface area (Å²) in [7, 11) is 0. The van der Waals surface area contributed by atoms with Gasteiger partial charge < -0.3 is 40.2 Å². The molecule has 0 unspecified atom stereocenters. The number of carboxylic acids is 2. The van der Waals surface area contributed by atoms with Crippen molar-refractivity contribution in [3.05, 3.63) is 0 Å². The van der Waals surface area contributed by atoms with Gasteiger partial charge in [0.15, 0.2) is 0 Å². The van der Waals surface area contributed by atoms with Crippen LogP contribution in [0.5, 0.6) is 0 Å². The summed E-state index contributed by atoms with van der Waals surface area (Å²) in [6.45, 7) is 12.1. The summed E-state index contributed by atoms with van der Waals surface area (Å²) in [4.78, 5) is 19.5. The van der Waals surface area contributed by atoms with Crippen LogP contribution in [-0.4, -0.2) is 45.6 Å². The van der Waals surface area contributed by atoms with Gasteiger partial charge in [-0.05, 0) is 27.7 Å². The van der Waals surface area contributed by atoms with Crippen molar-refractivity contribution < 1.29 is 61.9 Å². The van der Waals surface area contributed by atoms with E-state index in [-0.39, 0.29) is 34.6 Å². The quantitative estimate of drug-likeness (QED) is 0.481. The van der Waals surface area contributed by atoms with E-state index in [2.05, 4.69) is 0 Å². The van der Waals surface area contributed by atoms with E-state index in [1.807, 2.05) is 0 Å². The molecule has 0 aliphatic heterocycles. The summed E-state index contributed by atoms with van der Waals surface area (Å²) in [6, 6.07) is 0. The molecule has 0 aromatic carbocycles. The Hall–Kier alpha value is -0.506. The molecule has 0 aliphatic rings. The molecule has 0 aromatic heterocycles. The van der Waals surface area contributed by atoms with Crippen LogP contribution in [0.1, 0.15) is 68.2 Å². The minimum atomic E-state index is -1.22. The number of aliphatic carboxylic acids is 2. The predicted molar refractivity (Wildman–Crippen MR) is 82.1 cm³/mol. The Morgan fingerprint density at radius 2 is 0.880 bits per heavy atom. The molecule has 0 radical (unpaired) electrons. The molecule has 2 N–H and O–H groups in total. The molecule has 0 spiro atoms. The number of carbonyl (C=O) groups excluding carboxylic acids is 2. The van der Waals surface area contributed by atoms with E-state index >= 15 is 0 Å². The SMILES string of the molecule is CC(C)(O)CC(=O)[O-].CC(C)(O)CC(=O)[O-].CC(C)[O-].CC(C)[O-].[Ti+4]. The normalized spacial score (nSPS) is 10.2. The maximum atomic E-state index is 9.74. The van der Waals surface area contributed by atoms with Gasteiger partial charge in [0.2, 0.25) is 0 Å². The van der Waals surface area contributed by atoms with E-state index in [9.17, 15) is 30.0 Å². The monoisotopic (exact) mass is 400 g/mol.